The molecular formula is C16H20FNO. The van der Waals surface area contributed by atoms with Crippen molar-refractivity contribution < 1.29 is 9.13 Å². The van der Waals surface area contributed by atoms with Gasteiger partial charge < -0.3 is 10.1 Å². The van der Waals surface area contributed by atoms with E-state index >= 15 is 0 Å². The Morgan fingerprint density at radius 2 is 2.00 bits per heavy atom. The van der Waals surface area contributed by atoms with Crippen LogP contribution in [0.1, 0.15) is 18.9 Å². The first-order chi connectivity index (χ1) is 9.36. The minimum Gasteiger partial charge on any atom is -0.491 e. The van der Waals surface area contributed by atoms with Crippen LogP contribution >= 0.6 is 0 Å². The fourth-order valence-corrected chi connectivity index (χ4v) is 2.17. The Hall–Kier alpha value is -1.61. The fraction of sp³-hybridized carbons (Fsp3) is 0.375. The third kappa shape index (κ3) is 3.44. The van der Waals surface area contributed by atoms with Crippen LogP contribution in [0.5, 0.6) is 5.75 Å². The van der Waals surface area contributed by atoms with E-state index in [2.05, 4.69) is 24.4 Å². The van der Waals surface area contributed by atoms with Gasteiger partial charge in [0.2, 0.25) is 0 Å². The van der Waals surface area contributed by atoms with Crippen molar-refractivity contribution in [1.29, 1.82) is 0 Å². The molecule has 2 aromatic carbocycles. The van der Waals surface area contributed by atoms with Gasteiger partial charge in [-0.15, -0.1) is 0 Å². The maximum Gasteiger partial charge on any atom is 0.124 e. The number of rotatable bonds is 7. The number of ether oxygens (including phenoxy) is 1. The molecule has 1 N–H and O–H groups in total. The molecule has 0 radical (unpaired) electrons. The lowest BCUT2D eigenvalue weighted by atomic mass is 10.0. The van der Waals surface area contributed by atoms with Gasteiger partial charge in [0.25, 0.3) is 0 Å². The Labute approximate surface area is 113 Å². The molecule has 0 aliphatic heterocycles. The first kappa shape index (κ1) is 13.8. The Balaban J connectivity index is 2.33. The molecule has 0 amide bonds. The van der Waals surface area contributed by atoms with Gasteiger partial charge in [0.1, 0.15) is 19.0 Å². The van der Waals surface area contributed by atoms with Crippen molar-refractivity contribution in [1.82, 2.24) is 5.32 Å². The van der Waals surface area contributed by atoms with Crippen LogP contribution in [0.2, 0.25) is 0 Å². The smallest absolute Gasteiger partial charge is 0.124 e. The van der Waals surface area contributed by atoms with E-state index in [-0.39, 0.29) is 6.61 Å². The van der Waals surface area contributed by atoms with Crippen LogP contribution in [-0.2, 0) is 6.54 Å². The first-order valence-corrected chi connectivity index (χ1v) is 6.77. The van der Waals surface area contributed by atoms with Gasteiger partial charge in [-0.2, -0.15) is 0 Å². The summed E-state index contributed by atoms with van der Waals surface area (Å²) in [7, 11) is 0. The molecule has 19 heavy (non-hydrogen) atoms. The van der Waals surface area contributed by atoms with Crippen LogP contribution < -0.4 is 10.1 Å². The Morgan fingerprint density at radius 1 is 1.16 bits per heavy atom. The van der Waals surface area contributed by atoms with E-state index in [1.54, 1.807) is 0 Å². The predicted octanol–water partition coefficient (Wildman–Crippen LogP) is 3.69. The Kier molecular flexibility index (Phi) is 5.16. The van der Waals surface area contributed by atoms with Gasteiger partial charge in [-0.25, -0.2) is 4.39 Å². The third-order valence-electron chi connectivity index (χ3n) is 3.06. The zero-order valence-corrected chi connectivity index (χ0v) is 11.3. The van der Waals surface area contributed by atoms with Gasteiger partial charge in [-0.05, 0) is 29.8 Å². The molecule has 0 bridgehead atoms. The highest BCUT2D eigenvalue weighted by atomic mass is 19.1. The standard InChI is InChI=1S/C16H20FNO/c1-2-10-18-12-15-14-6-4-3-5-13(14)7-8-16(15)19-11-9-17/h3-8,18H,2,9-12H2,1H3. The van der Waals surface area contributed by atoms with Gasteiger partial charge in [0.05, 0.1) is 0 Å². The summed E-state index contributed by atoms with van der Waals surface area (Å²) in [5.74, 6) is 0.778. The predicted molar refractivity (Wildman–Crippen MR) is 77.4 cm³/mol. The van der Waals surface area contributed by atoms with Crippen molar-refractivity contribution in [3.8, 4) is 5.75 Å². The van der Waals surface area contributed by atoms with E-state index in [4.69, 9.17) is 4.74 Å². The Morgan fingerprint density at radius 3 is 2.79 bits per heavy atom. The largest absolute Gasteiger partial charge is 0.491 e. The normalized spacial score (nSPS) is 10.8. The number of hydrogen-bond donors (Lipinski definition) is 1. The first-order valence-electron chi connectivity index (χ1n) is 6.77. The summed E-state index contributed by atoms with van der Waals surface area (Å²) in [5, 5.41) is 5.74. The van der Waals surface area contributed by atoms with Crippen LogP contribution in [0, 0.1) is 0 Å². The van der Waals surface area contributed by atoms with Gasteiger partial charge in [0.15, 0.2) is 0 Å². The lowest BCUT2D eigenvalue weighted by Crippen LogP contribution is -2.15. The zero-order chi connectivity index (χ0) is 13.5. The molecular weight excluding hydrogens is 241 g/mol. The van der Waals surface area contributed by atoms with Crippen LogP contribution in [0.15, 0.2) is 36.4 Å². The SMILES string of the molecule is CCCNCc1c(OCCF)ccc2ccccc12. The highest BCUT2D eigenvalue weighted by Gasteiger charge is 2.08. The molecule has 0 atom stereocenters. The highest BCUT2D eigenvalue weighted by Crippen LogP contribution is 2.28. The molecule has 0 saturated heterocycles. The Bertz CT molecular complexity index is 527. The number of hydrogen-bond acceptors (Lipinski definition) is 2. The molecule has 2 nitrogen and oxygen atoms in total. The quantitative estimate of drug-likeness (QED) is 0.767. The van der Waals surface area contributed by atoms with E-state index < -0.39 is 6.67 Å². The van der Waals surface area contributed by atoms with Crippen LogP contribution in [0.3, 0.4) is 0 Å². The maximum absolute atomic E-state index is 12.3. The molecule has 0 saturated carbocycles. The zero-order valence-electron chi connectivity index (χ0n) is 11.3. The summed E-state index contributed by atoms with van der Waals surface area (Å²) in [5.41, 5.74) is 1.11. The molecule has 0 unspecified atom stereocenters. The van der Waals surface area contributed by atoms with Crippen molar-refractivity contribution in [2.75, 3.05) is 19.8 Å². The minimum atomic E-state index is -0.464. The molecule has 102 valence electrons. The monoisotopic (exact) mass is 261 g/mol. The molecule has 0 aliphatic carbocycles. The summed E-state index contributed by atoms with van der Waals surface area (Å²) in [6.07, 6.45) is 1.09. The van der Waals surface area contributed by atoms with Crippen LogP contribution in [0.25, 0.3) is 10.8 Å². The lowest BCUT2D eigenvalue weighted by molar-refractivity contribution is 0.271. The van der Waals surface area contributed by atoms with E-state index in [1.165, 1.54) is 10.8 Å². The fourth-order valence-electron chi connectivity index (χ4n) is 2.17. The summed E-state index contributed by atoms with van der Waals surface area (Å²) in [4.78, 5) is 0. The second-order valence-corrected chi connectivity index (χ2v) is 4.48. The second kappa shape index (κ2) is 7.10. The van der Waals surface area contributed by atoms with E-state index in [1.807, 2.05) is 24.3 Å². The van der Waals surface area contributed by atoms with Crippen molar-refractivity contribution >= 4 is 10.8 Å². The van der Waals surface area contributed by atoms with Crippen LogP contribution in [-0.4, -0.2) is 19.8 Å². The molecule has 2 rings (SSSR count). The summed E-state index contributed by atoms with van der Waals surface area (Å²) in [6.45, 7) is 3.49. The van der Waals surface area contributed by atoms with Crippen molar-refractivity contribution in [3.63, 3.8) is 0 Å². The molecule has 0 fully saturated rings. The van der Waals surface area contributed by atoms with E-state index in [0.717, 1.165) is 30.8 Å². The minimum absolute atomic E-state index is 0.110. The highest BCUT2D eigenvalue weighted by molar-refractivity contribution is 5.87. The summed E-state index contributed by atoms with van der Waals surface area (Å²) in [6, 6.07) is 12.2. The van der Waals surface area contributed by atoms with E-state index in [9.17, 15) is 4.39 Å². The molecule has 3 heteroatoms. The second-order valence-electron chi connectivity index (χ2n) is 4.48. The molecule has 0 aromatic heterocycles. The van der Waals surface area contributed by atoms with Crippen molar-refractivity contribution in [2.24, 2.45) is 0 Å². The number of nitrogens with one attached hydrogen (secondary N) is 1. The molecule has 0 aliphatic rings. The maximum atomic E-state index is 12.3. The van der Waals surface area contributed by atoms with Gasteiger partial charge >= 0.3 is 0 Å². The molecule has 0 heterocycles. The lowest BCUT2D eigenvalue weighted by Gasteiger charge is -2.14. The molecule has 0 spiro atoms. The van der Waals surface area contributed by atoms with Gasteiger partial charge in [-0.3, -0.25) is 0 Å². The number of halogens is 1. The van der Waals surface area contributed by atoms with Crippen molar-refractivity contribution in [3.05, 3.63) is 42.0 Å². The van der Waals surface area contributed by atoms with Crippen LogP contribution in [0.4, 0.5) is 4.39 Å². The average molecular weight is 261 g/mol. The molecule has 2 aromatic rings. The third-order valence-corrected chi connectivity index (χ3v) is 3.06. The average Bonchev–Trinajstić information content (AvgIpc) is 2.46. The van der Waals surface area contributed by atoms with Gasteiger partial charge in [-0.1, -0.05) is 37.3 Å². The number of benzene rings is 2. The topological polar surface area (TPSA) is 21.3 Å². The van der Waals surface area contributed by atoms with Crippen molar-refractivity contribution in [2.45, 2.75) is 19.9 Å². The van der Waals surface area contributed by atoms with E-state index in [0.29, 0.717) is 0 Å². The summed E-state index contributed by atoms with van der Waals surface area (Å²) >= 11 is 0. The van der Waals surface area contributed by atoms with Gasteiger partial charge in [0, 0.05) is 12.1 Å². The number of alkyl halides is 1. The summed E-state index contributed by atoms with van der Waals surface area (Å²) < 4.78 is 17.8. The number of fused-ring (bicyclic) bond motifs is 1.